The van der Waals surface area contributed by atoms with Gasteiger partial charge in [0.15, 0.2) is 0 Å². The van der Waals surface area contributed by atoms with Crippen LogP contribution in [0.5, 0.6) is 5.75 Å². The molecule has 2 rings (SSSR count). The van der Waals surface area contributed by atoms with Crippen molar-refractivity contribution in [3.63, 3.8) is 0 Å². The number of carbonyl (C=O) groups is 1. The number of carbonyl (C=O) groups excluding carboxylic acids is 1. The average Bonchev–Trinajstić information content (AvgIpc) is 2.50. The van der Waals surface area contributed by atoms with Gasteiger partial charge in [-0.05, 0) is 41.8 Å². The lowest BCUT2D eigenvalue weighted by Gasteiger charge is -2.12. The molecule has 5 nitrogen and oxygen atoms in total. The summed E-state index contributed by atoms with van der Waals surface area (Å²) in [5, 5.41) is 20.9. The van der Waals surface area contributed by atoms with Crippen LogP contribution in [0.2, 0.25) is 0 Å². The second-order valence-corrected chi connectivity index (χ2v) is 4.82. The summed E-state index contributed by atoms with van der Waals surface area (Å²) in [6.07, 6.45) is 0.390. The van der Waals surface area contributed by atoms with Crippen molar-refractivity contribution in [2.24, 2.45) is 5.73 Å². The molecule has 0 aliphatic carbocycles. The Hall–Kier alpha value is -2.37. The van der Waals surface area contributed by atoms with Gasteiger partial charge in [-0.2, -0.15) is 0 Å². The number of aliphatic hydroxyl groups is 1. The van der Waals surface area contributed by atoms with E-state index in [1.165, 1.54) is 0 Å². The summed E-state index contributed by atoms with van der Waals surface area (Å²) in [7, 11) is 0. The zero-order chi connectivity index (χ0) is 15.2. The van der Waals surface area contributed by atoms with Crippen LogP contribution >= 0.6 is 0 Å². The molecule has 0 spiro atoms. The fraction of sp³-hybridized carbons (Fsp3) is 0.188. The van der Waals surface area contributed by atoms with Crippen molar-refractivity contribution in [3.8, 4) is 5.75 Å². The molecule has 0 bridgehead atoms. The lowest BCUT2D eigenvalue weighted by molar-refractivity contribution is -0.117. The van der Waals surface area contributed by atoms with Gasteiger partial charge in [0.1, 0.15) is 5.75 Å². The predicted octanol–water partition coefficient (Wildman–Crippen LogP) is 1.39. The van der Waals surface area contributed by atoms with Crippen LogP contribution in [-0.2, 0) is 17.8 Å². The van der Waals surface area contributed by atoms with Crippen LogP contribution in [-0.4, -0.2) is 22.2 Å². The molecule has 0 saturated heterocycles. The molecular formula is C16H18N2O3. The topological polar surface area (TPSA) is 95.6 Å². The summed E-state index contributed by atoms with van der Waals surface area (Å²) < 4.78 is 0. The molecule has 2 aromatic carbocycles. The Morgan fingerprint density at radius 3 is 2.19 bits per heavy atom. The lowest BCUT2D eigenvalue weighted by Crippen LogP contribution is -2.37. The van der Waals surface area contributed by atoms with Crippen LogP contribution in [0.4, 0.5) is 5.69 Å². The molecule has 5 N–H and O–H groups in total. The minimum absolute atomic E-state index is 0.0331. The number of phenols is 1. The Labute approximate surface area is 123 Å². The summed E-state index contributed by atoms with van der Waals surface area (Å²) in [4.78, 5) is 12.0. The first-order valence-corrected chi connectivity index (χ1v) is 6.62. The maximum Gasteiger partial charge on any atom is 0.241 e. The normalized spacial score (nSPS) is 11.9. The van der Waals surface area contributed by atoms with Crippen molar-refractivity contribution in [2.45, 2.75) is 19.1 Å². The van der Waals surface area contributed by atoms with E-state index >= 15 is 0 Å². The molecule has 1 atom stereocenters. The Kier molecular flexibility index (Phi) is 4.92. The molecular weight excluding hydrogens is 268 g/mol. The number of nitrogens with two attached hydrogens (primary N) is 1. The van der Waals surface area contributed by atoms with E-state index in [2.05, 4.69) is 5.32 Å². The third-order valence-corrected chi connectivity index (χ3v) is 3.13. The number of nitrogens with one attached hydrogen (secondary N) is 1. The van der Waals surface area contributed by atoms with E-state index in [0.29, 0.717) is 12.1 Å². The molecule has 0 unspecified atom stereocenters. The number of anilines is 1. The van der Waals surface area contributed by atoms with E-state index in [4.69, 9.17) is 10.8 Å². The first-order valence-electron chi connectivity index (χ1n) is 6.62. The molecule has 0 heterocycles. The van der Waals surface area contributed by atoms with Gasteiger partial charge in [-0.25, -0.2) is 0 Å². The van der Waals surface area contributed by atoms with Crippen molar-refractivity contribution >= 4 is 11.6 Å². The number of aromatic hydroxyl groups is 1. The van der Waals surface area contributed by atoms with Gasteiger partial charge in [0.25, 0.3) is 0 Å². The number of benzene rings is 2. The first kappa shape index (κ1) is 15.0. The van der Waals surface area contributed by atoms with Crippen LogP contribution in [0.15, 0.2) is 48.5 Å². The number of hydrogen-bond donors (Lipinski definition) is 4. The monoisotopic (exact) mass is 286 g/mol. The zero-order valence-electron chi connectivity index (χ0n) is 11.5. The molecule has 0 saturated carbocycles. The van der Waals surface area contributed by atoms with Crippen molar-refractivity contribution in [3.05, 3.63) is 59.7 Å². The molecule has 0 aliphatic heterocycles. The van der Waals surface area contributed by atoms with Gasteiger partial charge in [-0.3, -0.25) is 4.79 Å². The largest absolute Gasteiger partial charge is 0.508 e. The summed E-state index contributed by atoms with van der Waals surface area (Å²) >= 11 is 0. The van der Waals surface area contributed by atoms with Crippen molar-refractivity contribution in [1.29, 1.82) is 0 Å². The molecule has 0 aromatic heterocycles. The highest BCUT2D eigenvalue weighted by atomic mass is 16.3. The third kappa shape index (κ3) is 4.30. The Bertz CT molecular complexity index is 594. The maximum atomic E-state index is 12.0. The fourth-order valence-corrected chi connectivity index (χ4v) is 1.91. The van der Waals surface area contributed by atoms with E-state index in [1.807, 2.05) is 0 Å². The number of rotatable bonds is 5. The number of amides is 1. The van der Waals surface area contributed by atoms with Crippen molar-refractivity contribution < 1.29 is 15.0 Å². The van der Waals surface area contributed by atoms with Gasteiger partial charge in [0.05, 0.1) is 12.6 Å². The average molecular weight is 286 g/mol. The first-order chi connectivity index (χ1) is 10.1. The SMILES string of the molecule is N[C@@H](Cc1ccc(O)cc1)C(=O)Nc1ccc(CO)cc1. The second-order valence-electron chi connectivity index (χ2n) is 4.82. The summed E-state index contributed by atoms with van der Waals surface area (Å²) in [6.45, 7) is -0.0331. The van der Waals surface area contributed by atoms with Gasteiger partial charge in [-0.1, -0.05) is 24.3 Å². The molecule has 21 heavy (non-hydrogen) atoms. The van der Waals surface area contributed by atoms with Crippen LogP contribution in [0.1, 0.15) is 11.1 Å². The van der Waals surface area contributed by atoms with Crippen molar-refractivity contribution in [2.75, 3.05) is 5.32 Å². The number of aliphatic hydroxyl groups excluding tert-OH is 1. The van der Waals surface area contributed by atoms with Gasteiger partial charge >= 0.3 is 0 Å². The minimum Gasteiger partial charge on any atom is -0.508 e. The maximum absolute atomic E-state index is 12.0. The zero-order valence-corrected chi connectivity index (χ0v) is 11.5. The Morgan fingerprint density at radius 2 is 1.62 bits per heavy atom. The van der Waals surface area contributed by atoms with Crippen molar-refractivity contribution in [1.82, 2.24) is 0 Å². The standard InChI is InChI=1S/C16H18N2O3/c17-15(9-11-3-7-14(20)8-4-11)16(21)18-13-5-1-12(10-19)2-6-13/h1-8,15,19-20H,9-10,17H2,(H,18,21)/t15-/m0/s1. The van der Waals surface area contributed by atoms with Gasteiger partial charge in [0.2, 0.25) is 5.91 Å². The molecule has 0 fully saturated rings. The summed E-state index contributed by atoms with van der Waals surface area (Å²) in [5.41, 5.74) is 8.17. The molecule has 5 heteroatoms. The highest BCUT2D eigenvalue weighted by molar-refractivity contribution is 5.94. The third-order valence-electron chi connectivity index (χ3n) is 3.13. The fourth-order valence-electron chi connectivity index (χ4n) is 1.91. The van der Waals surface area contributed by atoms with Gasteiger partial charge in [0, 0.05) is 5.69 Å². The smallest absolute Gasteiger partial charge is 0.241 e. The lowest BCUT2D eigenvalue weighted by atomic mass is 10.1. The van der Waals surface area contributed by atoms with E-state index in [9.17, 15) is 9.90 Å². The van der Waals surface area contributed by atoms with Gasteiger partial charge < -0.3 is 21.3 Å². The van der Waals surface area contributed by atoms with E-state index in [0.717, 1.165) is 11.1 Å². The highest BCUT2D eigenvalue weighted by Gasteiger charge is 2.14. The molecule has 1 amide bonds. The summed E-state index contributed by atoms with van der Waals surface area (Å²) in [6, 6.07) is 12.8. The van der Waals surface area contributed by atoms with Crippen LogP contribution in [0.3, 0.4) is 0 Å². The van der Waals surface area contributed by atoms with E-state index in [1.54, 1.807) is 48.5 Å². The number of phenolic OH excluding ortho intramolecular Hbond substituents is 1. The summed E-state index contributed by atoms with van der Waals surface area (Å²) in [5.74, 6) is -0.0967. The molecule has 0 aliphatic rings. The van der Waals surface area contributed by atoms with Crippen LogP contribution in [0, 0.1) is 0 Å². The Morgan fingerprint density at radius 1 is 1.05 bits per heavy atom. The van der Waals surface area contributed by atoms with E-state index in [-0.39, 0.29) is 18.3 Å². The predicted molar refractivity (Wildman–Crippen MR) is 80.8 cm³/mol. The van der Waals surface area contributed by atoms with E-state index < -0.39 is 6.04 Å². The van der Waals surface area contributed by atoms with Gasteiger partial charge in [-0.15, -0.1) is 0 Å². The Balaban J connectivity index is 1.93. The molecule has 2 aromatic rings. The molecule has 0 radical (unpaired) electrons. The second kappa shape index (κ2) is 6.88. The van der Waals surface area contributed by atoms with Crippen LogP contribution < -0.4 is 11.1 Å². The van der Waals surface area contributed by atoms with Crippen LogP contribution in [0.25, 0.3) is 0 Å². The minimum atomic E-state index is -0.674. The highest BCUT2D eigenvalue weighted by Crippen LogP contribution is 2.13. The molecule has 110 valence electrons. The quantitative estimate of drug-likeness (QED) is 0.668. The number of hydrogen-bond acceptors (Lipinski definition) is 4.